The molecule has 0 spiro atoms. The summed E-state index contributed by atoms with van der Waals surface area (Å²) in [5, 5.41) is 10.9. The highest BCUT2D eigenvalue weighted by Gasteiger charge is 2.04. The first kappa shape index (κ1) is 13.4. The molecule has 0 aliphatic carbocycles. The fourth-order valence-corrected chi connectivity index (χ4v) is 1.93. The number of halogens is 1. The van der Waals surface area contributed by atoms with Crippen molar-refractivity contribution in [3.8, 4) is 5.75 Å². The van der Waals surface area contributed by atoms with Gasteiger partial charge in [-0.1, -0.05) is 48.0 Å². The highest BCUT2D eigenvalue weighted by molar-refractivity contribution is 6.32. The molecule has 0 N–H and O–H groups in total. The van der Waals surface area contributed by atoms with E-state index in [0.29, 0.717) is 22.9 Å². The Bertz CT molecular complexity index is 567. The Labute approximate surface area is 116 Å². The summed E-state index contributed by atoms with van der Waals surface area (Å²) in [6.45, 7) is 0.417. The maximum Gasteiger partial charge on any atom is 0.138 e. The van der Waals surface area contributed by atoms with Gasteiger partial charge >= 0.3 is 0 Å². The Balaban J connectivity index is 2.03. The Morgan fingerprint density at radius 3 is 2.47 bits per heavy atom. The van der Waals surface area contributed by atoms with Gasteiger partial charge in [0.05, 0.1) is 5.02 Å². The summed E-state index contributed by atoms with van der Waals surface area (Å²) in [6.07, 6.45) is -0.154. The van der Waals surface area contributed by atoms with Crippen molar-refractivity contribution in [2.75, 3.05) is 0 Å². The van der Waals surface area contributed by atoms with E-state index in [1.54, 1.807) is 18.2 Å². The van der Waals surface area contributed by atoms with Crippen LogP contribution < -0.4 is 9.84 Å². The summed E-state index contributed by atoms with van der Waals surface area (Å²) in [5.74, 6) is -0.596. The van der Waals surface area contributed by atoms with E-state index in [0.717, 1.165) is 5.56 Å². The van der Waals surface area contributed by atoms with Crippen LogP contribution in [0.25, 0.3) is 0 Å². The molecule has 19 heavy (non-hydrogen) atoms. The molecular weight excluding hydrogens is 264 g/mol. The standard InChI is InChI=1S/C15H13ClO3/c16-13-8-12(9-15(17)18)6-7-14(13)19-10-11-4-2-1-3-5-11/h1-8H,9-10H2,(H,17,18)/p-1. The predicted molar refractivity (Wildman–Crippen MR) is 70.9 cm³/mol. The van der Waals surface area contributed by atoms with Crippen LogP contribution in [0.1, 0.15) is 11.1 Å². The number of aliphatic carboxylic acids is 1. The molecule has 0 radical (unpaired) electrons. The minimum absolute atomic E-state index is 0.154. The van der Waals surface area contributed by atoms with E-state index in [2.05, 4.69) is 0 Å². The number of ether oxygens (including phenoxy) is 1. The molecule has 0 aliphatic rings. The molecule has 3 nitrogen and oxygen atoms in total. The van der Waals surface area contributed by atoms with Crippen LogP contribution in [0.4, 0.5) is 0 Å². The Morgan fingerprint density at radius 2 is 1.84 bits per heavy atom. The number of carboxylic acid groups (broad SMARTS) is 1. The van der Waals surface area contributed by atoms with Gasteiger partial charge in [-0.05, 0) is 23.3 Å². The van der Waals surface area contributed by atoms with Crippen LogP contribution in [-0.4, -0.2) is 5.97 Å². The van der Waals surface area contributed by atoms with Crippen LogP contribution in [0.2, 0.25) is 5.02 Å². The molecule has 0 saturated carbocycles. The van der Waals surface area contributed by atoms with E-state index in [4.69, 9.17) is 16.3 Å². The predicted octanol–water partition coefficient (Wildman–Crippen LogP) is 2.21. The van der Waals surface area contributed by atoms with Gasteiger partial charge < -0.3 is 14.6 Å². The first-order valence-electron chi connectivity index (χ1n) is 5.80. The average Bonchev–Trinajstić information content (AvgIpc) is 2.38. The maximum atomic E-state index is 10.5. The van der Waals surface area contributed by atoms with Gasteiger partial charge in [0.1, 0.15) is 12.4 Å². The molecule has 0 aromatic heterocycles. The molecule has 0 bridgehead atoms. The largest absolute Gasteiger partial charge is 0.550 e. The van der Waals surface area contributed by atoms with Crippen molar-refractivity contribution < 1.29 is 14.6 Å². The third kappa shape index (κ3) is 4.00. The molecule has 2 rings (SSSR count). The second kappa shape index (κ2) is 6.25. The third-order valence-corrected chi connectivity index (χ3v) is 2.88. The number of hydrogen-bond donors (Lipinski definition) is 0. The Morgan fingerprint density at radius 1 is 1.11 bits per heavy atom. The molecule has 2 aromatic rings. The number of hydrogen-bond acceptors (Lipinski definition) is 3. The lowest BCUT2D eigenvalue weighted by Crippen LogP contribution is -2.24. The van der Waals surface area contributed by atoms with E-state index in [1.807, 2.05) is 30.3 Å². The monoisotopic (exact) mass is 275 g/mol. The van der Waals surface area contributed by atoms with E-state index < -0.39 is 5.97 Å². The molecule has 0 aliphatic heterocycles. The quantitative estimate of drug-likeness (QED) is 0.841. The van der Waals surface area contributed by atoms with E-state index in [9.17, 15) is 9.90 Å². The van der Waals surface area contributed by atoms with Gasteiger partial charge in [0.25, 0.3) is 0 Å². The Hall–Kier alpha value is -2.00. The summed E-state index contributed by atoms with van der Waals surface area (Å²) >= 11 is 6.04. The summed E-state index contributed by atoms with van der Waals surface area (Å²) in [5.41, 5.74) is 1.63. The molecule has 0 saturated heterocycles. The number of rotatable bonds is 5. The number of carbonyl (C=O) groups excluding carboxylic acids is 1. The lowest BCUT2D eigenvalue weighted by Gasteiger charge is -2.10. The molecule has 0 amide bonds. The lowest BCUT2D eigenvalue weighted by molar-refractivity contribution is -0.304. The first-order chi connectivity index (χ1) is 9.15. The van der Waals surface area contributed by atoms with Crippen molar-refractivity contribution in [3.63, 3.8) is 0 Å². The molecule has 98 valence electrons. The minimum atomic E-state index is -1.13. The summed E-state index contributed by atoms with van der Waals surface area (Å²) in [6, 6.07) is 14.6. The fourth-order valence-electron chi connectivity index (χ4n) is 1.67. The summed E-state index contributed by atoms with van der Waals surface area (Å²) in [4.78, 5) is 10.5. The zero-order valence-corrected chi connectivity index (χ0v) is 10.9. The summed E-state index contributed by atoms with van der Waals surface area (Å²) < 4.78 is 5.59. The van der Waals surface area contributed by atoms with Crippen molar-refractivity contribution >= 4 is 17.6 Å². The number of carboxylic acids is 1. The van der Waals surface area contributed by atoms with Gasteiger partial charge in [0.15, 0.2) is 0 Å². The van der Waals surface area contributed by atoms with Crippen molar-refractivity contribution in [2.24, 2.45) is 0 Å². The van der Waals surface area contributed by atoms with Crippen LogP contribution in [-0.2, 0) is 17.8 Å². The molecular formula is C15H12ClO3-. The van der Waals surface area contributed by atoms with Gasteiger partial charge in [-0.15, -0.1) is 0 Å². The maximum absolute atomic E-state index is 10.5. The van der Waals surface area contributed by atoms with Crippen molar-refractivity contribution in [1.82, 2.24) is 0 Å². The van der Waals surface area contributed by atoms with E-state index in [-0.39, 0.29) is 6.42 Å². The highest BCUT2D eigenvalue weighted by Crippen LogP contribution is 2.26. The fraction of sp³-hybridized carbons (Fsp3) is 0.133. The smallest absolute Gasteiger partial charge is 0.138 e. The third-order valence-electron chi connectivity index (χ3n) is 2.58. The number of carbonyl (C=O) groups is 1. The van der Waals surface area contributed by atoms with Crippen LogP contribution in [0.3, 0.4) is 0 Å². The SMILES string of the molecule is O=C([O-])Cc1ccc(OCc2ccccc2)c(Cl)c1. The highest BCUT2D eigenvalue weighted by atomic mass is 35.5. The zero-order chi connectivity index (χ0) is 13.7. The lowest BCUT2D eigenvalue weighted by atomic mass is 10.1. The topological polar surface area (TPSA) is 49.4 Å². The van der Waals surface area contributed by atoms with Gasteiger partial charge in [-0.2, -0.15) is 0 Å². The normalized spacial score (nSPS) is 10.2. The van der Waals surface area contributed by atoms with Gasteiger partial charge in [-0.3, -0.25) is 0 Å². The molecule has 0 fully saturated rings. The van der Waals surface area contributed by atoms with Crippen molar-refractivity contribution in [2.45, 2.75) is 13.0 Å². The Kier molecular flexibility index (Phi) is 4.42. The van der Waals surface area contributed by atoms with Crippen LogP contribution >= 0.6 is 11.6 Å². The van der Waals surface area contributed by atoms with Gasteiger partial charge in [0.2, 0.25) is 0 Å². The molecule has 0 unspecified atom stereocenters. The van der Waals surface area contributed by atoms with Gasteiger partial charge in [-0.25, -0.2) is 0 Å². The van der Waals surface area contributed by atoms with Crippen molar-refractivity contribution in [3.05, 3.63) is 64.7 Å². The van der Waals surface area contributed by atoms with Crippen LogP contribution in [0.15, 0.2) is 48.5 Å². The molecule has 4 heteroatoms. The minimum Gasteiger partial charge on any atom is -0.550 e. The van der Waals surface area contributed by atoms with E-state index in [1.165, 1.54) is 0 Å². The van der Waals surface area contributed by atoms with E-state index >= 15 is 0 Å². The molecule has 0 atom stereocenters. The van der Waals surface area contributed by atoms with Crippen LogP contribution in [0.5, 0.6) is 5.75 Å². The first-order valence-corrected chi connectivity index (χ1v) is 6.18. The molecule has 2 aromatic carbocycles. The number of benzene rings is 2. The zero-order valence-electron chi connectivity index (χ0n) is 10.1. The van der Waals surface area contributed by atoms with Gasteiger partial charge in [0, 0.05) is 12.4 Å². The molecule has 0 heterocycles. The second-order valence-electron chi connectivity index (χ2n) is 4.09. The second-order valence-corrected chi connectivity index (χ2v) is 4.50. The average molecular weight is 276 g/mol. The van der Waals surface area contributed by atoms with Crippen molar-refractivity contribution in [1.29, 1.82) is 0 Å². The summed E-state index contributed by atoms with van der Waals surface area (Å²) in [7, 11) is 0. The van der Waals surface area contributed by atoms with Crippen LogP contribution in [0, 0.1) is 0 Å².